The molecule has 0 bridgehead atoms. The maximum Gasteiger partial charge on any atom is 0.295 e. The van der Waals surface area contributed by atoms with Crippen molar-refractivity contribution in [3.8, 4) is 0 Å². The molecule has 0 aromatic rings. The Balaban J connectivity index is 2.52. The summed E-state index contributed by atoms with van der Waals surface area (Å²) in [5.74, 6) is 0. The summed E-state index contributed by atoms with van der Waals surface area (Å²) < 4.78 is 14.0. The minimum absolute atomic E-state index is 0.193. The zero-order valence-corrected chi connectivity index (χ0v) is 6.99. The van der Waals surface area contributed by atoms with E-state index in [0.29, 0.717) is 0 Å². The Morgan fingerprint density at radius 1 is 1.54 bits per heavy atom. The summed E-state index contributed by atoms with van der Waals surface area (Å²) in [6.45, 7) is 0.193. The van der Waals surface area contributed by atoms with Crippen molar-refractivity contribution in [3.63, 3.8) is 0 Å². The van der Waals surface area contributed by atoms with E-state index in [0.717, 1.165) is 6.42 Å². The van der Waals surface area contributed by atoms with Crippen molar-refractivity contribution in [2.75, 3.05) is 7.11 Å². The minimum Gasteiger partial charge on any atom is -0.437 e. The fraction of sp³-hybridized carbons (Fsp3) is 0.714. The molecule has 1 rings (SSSR count). The lowest BCUT2D eigenvalue weighted by Crippen LogP contribution is -2.50. The second-order valence-corrected chi connectivity index (χ2v) is 2.51. The van der Waals surface area contributed by atoms with Crippen LogP contribution in [0.15, 0.2) is 0 Å². The molecule has 1 aliphatic rings. The number of rotatable bonds is 3. The van der Waals surface area contributed by atoms with Gasteiger partial charge in [-0.1, -0.05) is 0 Å². The van der Waals surface area contributed by atoms with Gasteiger partial charge in [-0.05, 0) is 0 Å². The quantitative estimate of drug-likeness (QED) is 0.523. The standard InChI is InChI=1S/C7H11O6/c1-11-7-6(10)4(9)2-5(13-7)12-3-8/h2-7,9-10H,1H3. The molecule has 0 spiro atoms. The highest BCUT2D eigenvalue weighted by molar-refractivity contribution is 5.37. The maximum absolute atomic E-state index is 9.95. The summed E-state index contributed by atoms with van der Waals surface area (Å²) in [5.41, 5.74) is 0. The van der Waals surface area contributed by atoms with Crippen LogP contribution in [0.25, 0.3) is 0 Å². The van der Waals surface area contributed by atoms with E-state index >= 15 is 0 Å². The highest BCUT2D eigenvalue weighted by atomic mass is 16.8. The van der Waals surface area contributed by atoms with Crippen LogP contribution in [-0.4, -0.2) is 48.6 Å². The first-order chi connectivity index (χ1) is 6.19. The number of hydrogen-bond acceptors (Lipinski definition) is 6. The minimum atomic E-state index is -1.17. The average Bonchev–Trinajstić information content (AvgIpc) is 2.11. The lowest BCUT2D eigenvalue weighted by atomic mass is 10.1. The Morgan fingerprint density at radius 2 is 2.23 bits per heavy atom. The first kappa shape index (κ1) is 10.4. The molecule has 75 valence electrons. The van der Waals surface area contributed by atoms with Gasteiger partial charge < -0.3 is 24.4 Å². The molecule has 6 nitrogen and oxygen atoms in total. The van der Waals surface area contributed by atoms with E-state index in [1.165, 1.54) is 7.11 Å². The molecule has 2 N–H and O–H groups in total. The molecule has 0 amide bonds. The Labute approximate surface area is 75.0 Å². The lowest BCUT2D eigenvalue weighted by molar-refractivity contribution is -0.281. The van der Waals surface area contributed by atoms with Crippen LogP contribution in [0.3, 0.4) is 0 Å². The van der Waals surface area contributed by atoms with Crippen molar-refractivity contribution >= 4 is 6.47 Å². The third kappa shape index (κ3) is 2.38. The van der Waals surface area contributed by atoms with Crippen LogP contribution in [-0.2, 0) is 19.0 Å². The molecule has 0 aliphatic carbocycles. The predicted octanol–water partition coefficient (Wildman–Crippen LogP) is -1.59. The van der Waals surface area contributed by atoms with E-state index in [2.05, 4.69) is 4.74 Å². The van der Waals surface area contributed by atoms with Crippen LogP contribution in [0, 0.1) is 6.42 Å². The van der Waals surface area contributed by atoms with Crippen molar-refractivity contribution in [1.82, 2.24) is 0 Å². The molecular formula is C7H11O6. The molecule has 1 fully saturated rings. The van der Waals surface area contributed by atoms with Crippen molar-refractivity contribution in [2.24, 2.45) is 0 Å². The Bertz CT molecular complexity index is 172. The summed E-state index contributed by atoms with van der Waals surface area (Å²) in [6, 6.07) is 0. The predicted molar refractivity (Wildman–Crippen MR) is 39.1 cm³/mol. The fourth-order valence-corrected chi connectivity index (χ4v) is 1.02. The maximum atomic E-state index is 9.95. The normalized spacial score (nSPS) is 39.9. The second-order valence-electron chi connectivity index (χ2n) is 2.51. The highest BCUT2D eigenvalue weighted by Crippen LogP contribution is 2.20. The zero-order valence-electron chi connectivity index (χ0n) is 6.99. The average molecular weight is 191 g/mol. The number of ether oxygens (including phenoxy) is 3. The SMILES string of the molecule is COC1OC(OC=O)[CH]C(O)C1O. The number of aliphatic hydroxyl groups is 2. The van der Waals surface area contributed by atoms with Gasteiger partial charge in [-0.3, -0.25) is 4.79 Å². The second kappa shape index (κ2) is 4.52. The molecule has 1 heterocycles. The topological polar surface area (TPSA) is 85.2 Å². The van der Waals surface area contributed by atoms with Crippen molar-refractivity contribution in [3.05, 3.63) is 6.42 Å². The molecule has 1 radical (unpaired) electrons. The van der Waals surface area contributed by atoms with Crippen LogP contribution >= 0.6 is 0 Å². The summed E-state index contributed by atoms with van der Waals surface area (Å²) in [4.78, 5) is 9.95. The molecule has 1 aliphatic heterocycles. The van der Waals surface area contributed by atoms with E-state index < -0.39 is 24.8 Å². The molecule has 13 heavy (non-hydrogen) atoms. The number of hydrogen-bond donors (Lipinski definition) is 2. The highest BCUT2D eigenvalue weighted by Gasteiger charge is 2.38. The summed E-state index contributed by atoms with van der Waals surface area (Å²) in [6.07, 6.45) is -3.12. The third-order valence-corrected chi connectivity index (χ3v) is 1.67. The van der Waals surface area contributed by atoms with E-state index in [4.69, 9.17) is 9.47 Å². The molecule has 4 unspecified atom stereocenters. The van der Waals surface area contributed by atoms with Crippen LogP contribution in [0.1, 0.15) is 0 Å². The van der Waals surface area contributed by atoms with Gasteiger partial charge in [-0.2, -0.15) is 0 Å². The Hall–Kier alpha value is -0.690. The number of carbonyl (C=O) groups is 1. The summed E-state index contributed by atoms with van der Waals surface area (Å²) >= 11 is 0. The molecule has 6 heteroatoms. The van der Waals surface area contributed by atoms with Gasteiger partial charge >= 0.3 is 0 Å². The van der Waals surface area contributed by atoms with Gasteiger partial charge in [0.05, 0.1) is 12.5 Å². The molecule has 4 atom stereocenters. The summed E-state index contributed by atoms with van der Waals surface area (Å²) in [7, 11) is 1.31. The van der Waals surface area contributed by atoms with Gasteiger partial charge in [0, 0.05) is 7.11 Å². The van der Waals surface area contributed by atoms with Crippen LogP contribution in [0.5, 0.6) is 0 Å². The van der Waals surface area contributed by atoms with E-state index in [1.807, 2.05) is 0 Å². The largest absolute Gasteiger partial charge is 0.437 e. The smallest absolute Gasteiger partial charge is 0.295 e. The molecule has 0 aromatic heterocycles. The van der Waals surface area contributed by atoms with Crippen LogP contribution in [0.2, 0.25) is 0 Å². The zero-order chi connectivity index (χ0) is 9.84. The van der Waals surface area contributed by atoms with Crippen molar-refractivity contribution in [2.45, 2.75) is 24.8 Å². The first-order valence-electron chi connectivity index (χ1n) is 3.67. The van der Waals surface area contributed by atoms with Gasteiger partial charge in [0.15, 0.2) is 6.29 Å². The van der Waals surface area contributed by atoms with E-state index in [-0.39, 0.29) is 6.47 Å². The number of carbonyl (C=O) groups excluding carboxylic acids is 1. The number of aliphatic hydroxyl groups excluding tert-OH is 2. The van der Waals surface area contributed by atoms with Crippen LogP contribution < -0.4 is 0 Å². The van der Waals surface area contributed by atoms with Crippen molar-refractivity contribution in [1.29, 1.82) is 0 Å². The molecule has 0 saturated carbocycles. The van der Waals surface area contributed by atoms with Crippen molar-refractivity contribution < 1.29 is 29.2 Å². The summed E-state index contributed by atoms with van der Waals surface area (Å²) in [5, 5.41) is 18.5. The molecular weight excluding hydrogens is 180 g/mol. The third-order valence-electron chi connectivity index (χ3n) is 1.67. The number of methoxy groups -OCH3 is 1. The van der Waals surface area contributed by atoms with Gasteiger partial charge in [0.2, 0.25) is 6.29 Å². The van der Waals surface area contributed by atoms with Gasteiger partial charge in [0.1, 0.15) is 6.10 Å². The monoisotopic (exact) mass is 191 g/mol. The molecule has 1 saturated heterocycles. The van der Waals surface area contributed by atoms with Gasteiger partial charge in [-0.15, -0.1) is 0 Å². The fourth-order valence-electron chi connectivity index (χ4n) is 1.02. The first-order valence-corrected chi connectivity index (χ1v) is 3.67. The Kier molecular flexibility index (Phi) is 3.61. The van der Waals surface area contributed by atoms with Gasteiger partial charge in [-0.25, -0.2) is 0 Å². The van der Waals surface area contributed by atoms with Crippen LogP contribution in [0.4, 0.5) is 0 Å². The lowest BCUT2D eigenvalue weighted by Gasteiger charge is -2.34. The van der Waals surface area contributed by atoms with E-state index in [9.17, 15) is 15.0 Å². The van der Waals surface area contributed by atoms with E-state index in [1.54, 1.807) is 0 Å². The Morgan fingerprint density at radius 3 is 2.77 bits per heavy atom. The molecule has 0 aromatic carbocycles. The van der Waals surface area contributed by atoms with Gasteiger partial charge in [0.25, 0.3) is 6.47 Å².